The van der Waals surface area contributed by atoms with Gasteiger partial charge in [0.15, 0.2) is 6.61 Å². The Bertz CT molecular complexity index is 611. The zero-order valence-corrected chi connectivity index (χ0v) is 12.6. The summed E-state index contributed by atoms with van der Waals surface area (Å²) in [5.74, 6) is -1.16. The van der Waals surface area contributed by atoms with E-state index in [0.717, 1.165) is 0 Å². The molecule has 8 nitrogen and oxygen atoms in total. The third kappa shape index (κ3) is 4.25. The van der Waals surface area contributed by atoms with Crippen molar-refractivity contribution in [1.29, 1.82) is 0 Å². The number of hydrogen-bond donors (Lipinski definition) is 1. The summed E-state index contributed by atoms with van der Waals surface area (Å²) >= 11 is 0. The predicted octanol–water partition coefficient (Wildman–Crippen LogP) is -0.229. The summed E-state index contributed by atoms with van der Waals surface area (Å²) in [7, 11) is 0.128. The number of nitrogens with one attached hydrogen (secondary N) is 1. The van der Waals surface area contributed by atoms with Gasteiger partial charge in [-0.3, -0.25) is 9.63 Å². The summed E-state index contributed by atoms with van der Waals surface area (Å²) in [4.78, 5) is 27.2. The highest BCUT2D eigenvalue weighted by Crippen LogP contribution is 2.15. The summed E-state index contributed by atoms with van der Waals surface area (Å²) in [6.07, 6.45) is 0. The molecule has 0 aliphatic rings. The maximum absolute atomic E-state index is 11.9. The minimum absolute atomic E-state index is 0.0327. The molecule has 1 aromatic carbocycles. The lowest BCUT2D eigenvalue weighted by atomic mass is 10.2. The predicted molar refractivity (Wildman–Crippen MR) is 72.7 cm³/mol. The van der Waals surface area contributed by atoms with E-state index in [9.17, 15) is 18.0 Å². The highest BCUT2D eigenvalue weighted by Gasteiger charge is 2.21. The van der Waals surface area contributed by atoms with E-state index < -0.39 is 28.5 Å². The Kier molecular flexibility index (Phi) is 5.82. The van der Waals surface area contributed by atoms with Crippen LogP contribution in [0.1, 0.15) is 10.4 Å². The van der Waals surface area contributed by atoms with Crippen LogP contribution >= 0.6 is 0 Å². The van der Waals surface area contributed by atoms with Crippen molar-refractivity contribution in [3.63, 3.8) is 0 Å². The molecular weight excluding hydrogens is 300 g/mol. The first-order valence-corrected chi connectivity index (χ1v) is 7.27. The van der Waals surface area contributed by atoms with Crippen LogP contribution in [0.3, 0.4) is 0 Å². The molecule has 21 heavy (non-hydrogen) atoms. The molecule has 0 radical (unpaired) electrons. The summed E-state index contributed by atoms with van der Waals surface area (Å²) in [6.45, 7) is -0.401. The highest BCUT2D eigenvalue weighted by molar-refractivity contribution is 7.89. The van der Waals surface area contributed by atoms with Crippen molar-refractivity contribution in [2.45, 2.75) is 4.90 Å². The number of hydrogen-bond acceptors (Lipinski definition) is 6. The van der Waals surface area contributed by atoms with Gasteiger partial charge in [0, 0.05) is 14.1 Å². The van der Waals surface area contributed by atoms with Gasteiger partial charge < -0.3 is 10.1 Å². The molecule has 0 spiro atoms. The Morgan fingerprint density at radius 1 is 1.24 bits per heavy atom. The fourth-order valence-corrected chi connectivity index (χ4v) is 2.27. The summed E-state index contributed by atoms with van der Waals surface area (Å²) < 4.78 is 29.3. The van der Waals surface area contributed by atoms with Crippen LogP contribution in [0.25, 0.3) is 0 Å². The van der Waals surface area contributed by atoms with Crippen LogP contribution in [0.5, 0.6) is 0 Å². The third-order valence-corrected chi connectivity index (χ3v) is 4.29. The first kappa shape index (κ1) is 17.1. The average Bonchev–Trinajstić information content (AvgIpc) is 2.51. The van der Waals surface area contributed by atoms with Gasteiger partial charge in [-0.25, -0.2) is 13.2 Å². The first-order chi connectivity index (χ1) is 9.82. The number of esters is 1. The number of rotatable bonds is 6. The van der Waals surface area contributed by atoms with Gasteiger partial charge in [-0.15, -0.1) is 0 Å². The van der Waals surface area contributed by atoms with E-state index in [2.05, 4.69) is 10.2 Å². The van der Waals surface area contributed by atoms with Gasteiger partial charge in [0.2, 0.25) is 0 Å². The molecule has 0 unspecified atom stereocenters. The molecular formula is C12H16N2O6S. The van der Waals surface area contributed by atoms with Gasteiger partial charge in [0.25, 0.3) is 15.9 Å². The van der Waals surface area contributed by atoms with Gasteiger partial charge in [0.1, 0.15) is 0 Å². The summed E-state index contributed by atoms with van der Waals surface area (Å²) in [5.41, 5.74) is 0.137. The van der Waals surface area contributed by atoms with Crippen molar-refractivity contribution in [3.8, 4) is 0 Å². The Morgan fingerprint density at radius 2 is 1.81 bits per heavy atom. The van der Waals surface area contributed by atoms with E-state index in [1.54, 1.807) is 0 Å². The van der Waals surface area contributed by atoms with Crippen LogP contribution in [0.15, 0.2) is 29.2 Å². The molecule has 0 saturated heterocycles. The Hall–Kier alpha value is -1.97. The quantitative estimate of drug-likeness (QED) is 0.574. The molecule has 0 fully saturated rings. The number of nitrogens with zero attached hydrogens (tertiary/aromatic N) is 1. The molecule has 0 saturated carbocycles. The molecule has 0 atom stereocenters. The average molecular weight is 316 g/mol. The minimum atomic E-state index is -3.77. The van der Waals surface area contributed by atoms with Crippen molar-refractivity contribution in [3.05, 3.63) is 29.8 Å². The summed E-state index contributed by atoms with van der Waals surface area (Å²) in [6, 6.07) is 5.09. The van der Waals surface area contributed by atoms with Crippen LogP contribution < -0.4 is 5.32 Å². The first-order valence-electron chi connectivity index (χ1n) is 5.83. The normalized spacial score (nSPS) is 11.2. The van der Waals surface area contributed by atoms with Crippen molar-refractivity contribution in [2.24, 2.45) is 0 Å². The Labute approximate surface area is 122 Å². The molecule has 1 amide bonds. The number of benzene rings is 1. The molecule has 0 aliphatic carbocycles. The number of carbonyl (C=O) groups excluding carboxylic acids is 2. The molecule has 0 bridgehead atoms. The van der Waals surface area contributed by atoms with Crippen LogP contribution in [0.2, 0.25) is 0 Å². The summed E-state index contributed by atoms with van der Waals surface area (Å²) in [5, 5.41) is 2.30. The van der Waals surface area contributed by atoms with E-state index >= 15 is 0 Å². The monoisotopic (exact) mass is 316 g/mol. The number of carbonyl (C=O) groups is 2. The van der Waals surface area contributed by atoms with Crippen LogP contribution in [0.4, 0.5) is 0 Å². The topological polar surface area (TPSA) is 102 Å². The largest absolute Gasteiger partial charge is 0.452 e. The van der Waals surface area contributed by atoms with Crippen molar-refractivity contribution in [1.82, 2.24) is 9.79 Å². The molecule has 0 aliphatic heterocycles. The lowest BCUT2D eigenvalue weighted by molar-refractivity contribution is -0.123. The lowest BCUT2D eigenvalue weighted by Crippen LogP contribution is -2.26. The number of sulfonamides is 1. The Balaban J connectivity index is 2.83. The van der Waals surface area contributed by atoms with E-state index in [4.69, 9.17) is 4.74 Å². The zero-order valence-electron chi connectivity index (χ0n) is 11.8. The number of likely N-dealkylation sites (N-methyl/N-ethyl adjacent to an activating group) is 1. The van der Waals surface area contributed by atoms with Gasteiger partial charge in [-0.1, -0.05) is 4.47 Å². The van der Waals surface area contributed by atoms with Crippen molar-refractivity contribution in [2.75, 3.05) is 27.8 Å². The van der Waals surface area contributed by atoms with Gasteiger partial charge in [-0.2, -0.15) is 0 Å². The second kappa shape index (κ2) is 7.16. The maximum atomic E-state index is 11.9. The number of hydroxylamine groups is 1. The molecule has 0 aromatic heterocycles. The molecule has 9 heteroatoms. The second-order valence-corrected chi connectivity index (χ2v) is 5.81. The van der Waals surface area contributed by atoms with Crippen LogP contribution in [0, 0.1) is 0 Å². The number of ether oxygens (including phenoxy) is 1. The molecule has 1 aromatic rings. The van der Waals surface area contributed by atoms with E-state index in [-0.39, 0.29) is 10.5 Å². The van der Waals surface area contributed by atoms with E-state index in [0.29, 0.717) is 4.47 Å². The SMILES string of the molecule is CNC(=O)COC(=O)c1ccc(S(=O)(=O)N(C)OC)cc1. The fourth-order valence-electron chi connectivity index (χ4n) is 1.30. The maximum Gasteiger partial charge on any atom is 0.338 e. The van der Waals surface area contributed by atoms with Crippen LogP contribution in [-0.4, -0.2) is 52.6 Å². The highest BCUT2D eigenvalue weighted by atomic mass is 32.2. The van der Waals surface area contributed by atoms with Crippen molar-refractivity contribution >= 4 is 21.9 Å². The van der Waals surface area contributed by atoms with Gasteiger partial charge in [0.05, 0.1) is 17.6 Å². The van der Waals surface area contributed by atoms with Crippen LogP contribution in [-0.2, 0) is 24.4 Å². The van der Waals surface area contributed by atoms with Crippen molar-refractivity contribution < 1.29 is 27.6 Å². The van der Waals surface area contributed by atoms with E-state index in [1.807, 2.05) is 0 Å². The smallest absolute Gasteiger partial charge is 0.338 e. The third-order valence-electron chi connectivity index (χ3n) is 2.60. The van der Waals surface area contributed by atoms with Gasteiger partial charge >= 0.3 is 5.97 Å². The zero-order chi connectivity index (χ0) is 16.0. The molecule has 1 rings (SSSR count). The molecule has 1 N–H and O–H groups in total. The molecule has 116 valence electrons. The van der Waals surface area contributed by atoms with Gasteiger partial charge in [-0.05, 0) is 24.3 Å². The van der Waals surface area contributed by atoms with E-state index in [1.165, 1.54) is 45.5 Å². The fraction of sp³-hybridized carbons (Fsp3) is 0.333. The standard InChI is InChI=1S/C12H16N2O6S/c1-13-11(15)8-20-12(16)9-4-6-10(7-5-9)21(17,18)14(2)19-3/h4-7H,8H2,1-3H3,(H,13,15). The molecule has 0 heterocycles. The Morgan fingerprint density at radius 3 is 2.29 bits per heavy atom. The minimum Gasteiger partial charge on any atom is -0.452 e. The second-order valence-electron chi connectivity index (χ2n) is 3.87. The lowest BCUT2D eigenvalue weighted by Gasteiger charge is -2.14. The number of amides is 1.